The normalized spacial score (nSPS) is 13.2. The standard InChI is InChI=1S/C21H16ClFN2O3S/c22-17-6-2-3-7-19(17)24-21(26)16-13-15(9-10-18(16)23)29(27,28)25-12-11-14-5-1-4-8-20(14)25/h1-10,13H,11-12H2,(H,24,26). The van der Waals surface area contributed by atoms with Crippen molar-refractivity contribution in [3.63, 3.8) is 0 Å². The molecule has 5 nitrogen and oxygen atoms in total. The number of anilines is 2. The van der Waals surface area contributed by atoms with E-state index in [9.17, 15) is 17.6 Å². The molecule has 0 aromatic heterocycles. The third kappa shape index (κ3) is 3.59. The van der Waals surface area contributed by atoms with Crippen molar-refractivity contribution in [2.45, 2.75) is 11.3 Å². The summed E-state index contributed by atoms with van der Waals surface area (Å²) < 4.78 is 41.9. The van der Waals surface area contributed by atoms with Crippen molar-refractivity contribution in [2.24, 2.45) is 0 Å². The molecule has 8 heteroatoms. The number of nitrogens with one attached hydrogen (secondary N) is 1. The highest BCUT2D eigenvalue weighted by molar-refractivity contribution is 7.92. The van der Waals surface area contributed by atoms with E-state index >= 15 is 0 Å². The molecule has 3 aromatic rings. The molecule has 0 atom stereocenters. The van der Waals surface area contributed by atoms with E-state index in [0.717, 1.165) is 23.8 Å². The minimum absolute atomic E-state index is 0.153. The lowest BCUT2D eigenvalue weighted by atomic mass is 10.2. The molecule has 0 radical (unpaired) electrons. The van der Waals surface area contributed by atoms with Crippen LogP contribution in [0.4, 0.5) is 15.8 Å². The van der Waals surface area contributed by atoms with Gasteiger partial charge in [0.25, 0.3) is 15.9 Å². The Hall–Kier alpha value is -2.90. The quantitative estimate of drug-likeness (QED) is 0.663. The number of halogens is 2. The molecule has 1 aliphatic rings. The maximum absolute atomic E-state index is 14.3. The highest BCUT2D eigenvalue weighted by atomic mass is 35.5. The number of para-hydroxylation sites is 2. The molecule has 0 spiro atoms. The highest BCUT2D eigenvalue weighted by Gasteiger charge is 2.31. The fourth-order valence-corrected chi connectivity index (χ4v) is 4.99. The zero-order valence-corrected chi connectivity index (χ0v) is 16.7. The fraction of sp³-hybridized carbons (Fsp3) is 0.0952. The fourth-order valence-electron chi connectivity index (χ4n) is 3.28. The van der Waals surface area contributed by atoms with Crippen molar-refractivity contribution in [1.29, 1.82) is 0 Å². The van der Waals surface area contributed by atoms with Crippen LogP contribution in [0, 0.1) is 5.82 Å². The molecule has 0 unspecified atom stereocenters. The minimum Gasteiger partial charge on any atom is -0.321 e. The van der Waals surface area contributed by atoms with Gasteiger partial charge in [-0.15, -0.1) is 0 Å². The van der Waals surface area contributed by atoms with Crippen molar-refractivity contribution in [3.05, 3.63) is 88.7 Å². The van der Waals surface area contributed by atoms with Gasteiger partial charge in [0.2, 0.25) is 0 Å². The van der Waals surface area contributed by atoms with E-state index in [2.05, 4.69) is 5.32 Å². The second-order valence-electron chi connectivity index (χ2n) is 6.53. The van der Waals surface area contributed by atoms with Crippen LogP contribution in [0.2, 0.25) is 5.02 Å². The Labute approximate surface area is 172 Å². The predicted octanol–water partition coefficient (Wildman–Crippen LogP) is 4.48. The van der Waals surface area contributed by atoms with Gasteiger partial charge in [-0.2, -0.15) is 0 Å². The number of nitrogens with zero attached hydrogens (tertiary/aromatic N) is 1. The first-order valence-electron chi connectivity index (χ1n) is 8.84. The van der Waals surface area contributed by atoms with Crippen LogP contribution in [0.1, 0.15) is 15.9 Å². The van der Waals surface area contributed by atoms with Crippen LogP contribution in [0.15, 0.2) is 71.6 Å². The molecular formula is C21H16ClFN2O3S. The molecule has 148 valence electrons. The topological polar surface area (TPSA) is 66.5 Å². The zero-order valence-electron chi connectivity index (χ0n) is 15.1. The first kappa shape index (κ1) is 19.4. The Morgan fingerprint density at radius 3 is 2.55 bits per heavy atom. The molecular weight excluding hydrogens is 415 g/mol. The highest BCUT2D eigenvalue weighted by Crippen LogP contribution is 2.33. The van der Waals surface area contributed by atoms with E-state index < -0.39 is 21.7 Å². The summed E-state index contributed by atoms with van der Waals surface area (Å²) in [5.74, 6) is -1.61. The average molecular weight is 431 g/mol. The number of sulfonamides is 1. The molecule has 1 aliphatic heterocycles. The summed E-state index contributed by atoms with van der Waals surface area (Å²) in [6, 6.07) is 16.9. The van der Waals surface area contributed by atoms with Crippen molar-refractivity contribution >= 4 is 38.9 Å². The largest absolute Gasteiger partial charge is 0.321 e. The SMILES string of the molecule is O=C(Nc1ccccc1Cl)c1cc(S(=O)(=O)N2CCc3ccccc32)ccc1F. The molecule has 4 rings (SSSR count). The number of carbonyl (C=O) groups is 1. The Bertz CT molecular complexity index is 1210. The molecule has 1 N–H and O–H groups in total. The van der Waals surface area contributed by atoms with Gasteiger partial charge in [0.15, 0.2) is 0 Å². The minimum atomic E-state index is -3.95. The molecule has 0 aliphatic carbocycles. The Morgan fingerprint density at radius 1 is 1.03 bits per heavy atom. The molecule has 0 saturated carbocycles. The van der Waals surface area contributed by atoms with Gasteiger partial charge in [-0.25, -0.2) is 12.8 Å². The summed E-state index contributed by atoms with van der Waals surface area (Å²) in [4.78, 5) is 12.4. The Kier molecular flexibility index (Phi) is 5.02. The Balaban J connectivity index is 1.68. The maximum Gasteiger partial charge on any atom is 0.264 e. The summed E-state index contributed by atoms with van der Waals surface area (Å²) >= 11 is 6.02. The van der Waals surface area contributed by atoms with E-state index in [1.165, 1.54) is 4.31 Å². The molecule has 1 amide bonds. The van der Waals surface area contributed by atoms with Gasteiger partial charge in [-0.3, -0.25) is 9.10 Å². The number of hydrogen-bond acceptors (Lipinski definition) is 3. The lowest BCUT2D eigenvalue weighted by Crippen LogP contribution is -2.29. The number of hydrogen-bond donors (Lipinski definition) is 1. The van der Waals surface area contributed by atoms with E-state index in [-0.39, 0.29) is 10.5 Å². The number of amides is 1. The van der Waals surface area contributed by atoms with Crippen LogP contribution in [0.5, 0.6) is 0 Å². The van der Waals surface area contributed by atoms with Gasteiger partial charge in [0.05, 0.1) is 26.9 Å². The first-order valence-corrected chi connectivity index (χ1v) is 10.7. The van der Waals surface area contributed by atoms with Gasteiger partial charge in [0, 0.05) is 6.54 Å². The third-order valence-electron chi connectivity index (χ3n) is 4.74. The van der Waals surface area contributed by atoms with Crippen LogP contribution in [-0.4, -0.2) is 20.9 Å². The average Bonchev–Trinajstić information content (AvgIpc) is 3.15. The maximum atomic E-state index is 14.3. The number of carbonyl (C=O) groups excluding carboxylic acids is 1. The van der Waals surface area contributed by atoms with E-state index in [0.29, 0.717) is 29.4 Å². The third-order valence-corrected chi connectivity index (χ3v) is 6.88. The lowest BCUT2D eigenvalue weighted by Gasteiger charge is -2.20. The molecule has 3 aromatic carbocycles. The van der Waals surface area contributed by atoms with Gasteiger partial charge in [-0.05, 0) is 48.4 Å². The van der Waals surface area contributed by atoms with Crippen molar-refractivity contribution in [3.8, 4) is 0 Å². The van der Waals surface area contributed by atoms with Crippen LogP contribution >= 0.6 is 11.6 Å². The molecule has 0 fully saturated rings. The number of benzene rings is 3. The zero-order chi connectivity index (χ0) is 20.6. The van der Waals surface area contributed by atoms with Crippen molar-refractivity contribution in [1.82, 2.24) is 0 Å². The summed E-state index contributed by atoms with van der Waals surface area (Å²) in [6.45, 7) is 0.292. The second kappa shape index (κ2) is 7.50. The van der Waals surface area contributed by atoms with Gasteiger partial charge in [-0.1, -0.05) is 41.9 Å². The molecule has 1 heterocycles. The van der Waals surface area contributed by atoms with Gasteiger partial charge < -0.3 is 5.32 Å². The van der Waals surface area contributed by atoms with Crippen LogP contribution in [-0.2, 0) is 16.4 Å². The van der Waals surface area contributed by atoms with Crippen LogP contribution in [0.25, 0.3) is 0 Å². The molecule has 0 saturated heterocycles. The lowest BCUT2D eigenvalue weighted by molar-refractivity contribution is 0.102. The summed E-state index contributed by atoms with van der Waals surface area (Å²) in [5, 5.41) is 2.80. The summed E-state index contributed by atoms with van der Waals surface area (Å²) in [7, 11) is -3.95. The second-order valence-corrected chi connectivity index (χ2v) is 8.80. The van der Waals surface area contributed by atoms with E-state index in [1.54, 1.807) is 36.4 Å². The summed E-state index contributed by atoms with van der Waals surface area (Å²) in [5.41, 5.74) is 1.45. The number of fused-ring (bicyclic) bond motifs is 1. The molecule has 29 heavy (non-hydrogen) atoms. The first-order chi connectivity index (χ1) is 13.9. The predicted molar refractivity (Wildman–Crippen MR) is 110 cm³/mol. The van der Waals surface area contributed by atoms with Crippen LogP contribution in [0.3, 0.4) is 0 Å². The van der Waals surface area contributed by atoms with Crippen molar-refractivity contribution < 1.29 is 17.6 Å². The van der Waals surface area contributed by atoms with E-state index in [4.69, 9.17) is 11.6 Å². The monoisotopic (exact) mass is 430 g/mol. The van der Waals surface area contributed by atoms with Gasteiger partial charge in [0.1, 0.15) is 5.82 Å². The van der Waals surface area contributed by atoms with Crippen LogP contribution < -0.4 is 9.62 Å². The smallest absolute Gasteiger partial charge is 0.264 e. The van der Waals surface area contributed by atoms with Crippen molar-refractivity contribution in [2.75, 3.05) is 16.2 Å². The molecule has 0 bridgehead atoms. The van der Waals surface area contributed by atoms with Gasteiger partial charge >= 0.3 is 0 Å². The number of rotatable bonds is 4. The summed E-state index contributed by atoms with van der Waals surface area (Å²) in [6.07, 6.45) is 0.594. The Morgan fingerprint density at radius 2 is 1.76 bits per heavy atom. The van der Waals surface area contributed by atoms with E-state index in [1.807, 2.05) is 12.1 Å².